The summed E-state index contributed by atoms with van der Waals surface area (Å²) in [6.07, 6.45) is 1.68. The van der Waals surface area contributed by atoms with Crippen LogP contribution in [0.1, 0.15) is 0 Å². The number of H-pyrrole nitrogens is 1. The number of halogens is 1. The fourth-order valence-corrected chi connectivity index (χ4v) is 2.17. The number of fused-ring (bicyclic) bond motifs is 1. The van der Waals surface area contributed by atoms with Crippen molar-refractivity contribution in [3.8, 4) is 0 Å². The summed E-state index contributed by atoms with van der Waals surface area (Å²) in [5, 5.41) is 19.8. The van der Waals surface area contributed by atoms with Crippen LogP contribution in [0.3, 0.4) is 0 Å². The molecule has 0 radical (unpaired) electrons. The number of aromatic nitrogens is 1. The van der Waals surface area contributed by atoms with Gasteiger partial charge >= 0.3 is 0 Å². The molecule has 0 unspecified atom stereocenters. The van der Waals surface area contributed by atoms with Crippen LogP contribution >= 0.6 is 15.9 Å². The number of aromatic amines is 1. The van der Waals surface area contributed by atoms with Gasteiger partial charge in [-0.1, -0.05) is 15.9 Å². The first-order valence-electron chi connectivity index (χ1n) is 6.06. The number of non-ortho nitro benzene ring substituents is 1. The van der Waals surface area contributed by atoms with E-state index in [1.807, 2.05) is 24.3 Å². The van der Waals surface area contributed by atoms with Gasteiger partial charge in [-0.15, -0.1) is 5.11 Å². The number of hydrogen-bond acceptors (Lipinski definition) is 4. The first kappa shape index (κ1) is 13.4. The average Bonchev–Trinajstić information content (AvgIpc) is 2.89. The molecule has 1 heterocycles. The Labute approximate surface area is 127 Å². The summed E-state index contributed by atoms with van der Waals surface area (Å²) in [6, 6.07) is 12.0. The molecule has 0 fully saturated rings. The van der Waals surface area contributed by atoms with Crippen molar-refractivity contribution in [1.29, 1.82) is 0 Å². The van der Waals surface area contributed by atoms with Crippen molar-refractivity contribution < 1.29 is 4.92 Å². The first-order chi connectivity index (χ1) is 10.1. The van der Waals surface area contributed by atoms with Gasteiger partial charge in [-0.3, -0.25) is 10.1 Å². The summed E-state index contributed by atoms with van der Waals surface area (Å²) in [4.78, 5) is 13.4. The zero-order valence-electron chi connectivity index (χ0n) is 10.7. The van der Waals surface area contributed by atoms with Gasteiger partial charge in [-0.2, -0.15) is 5.11 Å². The van der Waals surface area contributed by atoms with Crippen molar-refractivity contribution in [1.82, 2.24) is 4.98 Å². The van der Waals surface area contributed by atoms with E-state index in [-0.39, 0.29) is 5.69 Å². The van der Waals surface area contributed by atoms with Crippen molar-refractivity contribution >= 4 is 43.9 Å². The Hall–Kier alpha value is -2.54. The van der Waals surface area contributed by atoms with Gasteiger partial charge < -0.3 is 4.98 Å². The monoisotopic (exact) mass is 344 g/mol. The summed E-state index contributed by atoms with van der Waals surface area (Å²) < 4.78 is 0.962. The molecule has 0 aliphatic carbocycles. The quantitative estimate of drug-likeness (QED) is 0.399. The van der Waals surface area contributed by atoms with Crippen molar-refractivity contribution in [3.05, 3.63) is 63.2 Å². The van der Waals surface area contributed by atoms with Crippen LogP contribution in [0, 0.1) is 10.1 Å². The summed E-state index contributed by atoms with van der Waals surface area (Å²) in [7, 11) is 0. The van der Waals surface area contributed by atoms with Gasteiger partial charge in [0.15, 0.2) is 0 Å². The van der Waals surface area contributed by atoms with E-state index in [9.17, 15) is 10.1 Å². The molecule has 0 spiro atoms. The molecular weight excluding hydrogens is 336 g/mol. The molecular formula is C14H9BrN4O2. The highest BCUT2D eigenvalue weighted by molar-refractivity contribution is 9.10. The largest absolute Gasteiger partial charge is 0.359 e. The minimum absolute atomic E-state index is 0.0298. The molecule has 21 heavy (non-hydrogen) atoms. The third-order valence-corrected chi connectivity index (χ3v) is 3.48. The maximum Gasteiger partial charge on any atom is 0.270 e. The van der Waals surface area contributed by atoms with E-state index in [1.165, 1.54) is 12.1 Å². The number of nitro benzene ring substituents is 1. The summed E-state index contributed by atoms with van der Waals surface area (Å²) >= 11 is 3.35. The molecule has 0 saturated carbocycles. The smallest absolute Gasteiger partial charge is 0.270 e. The molecule has 1 aromatic heterocycles. The van der Waals surface area contributed by atoms with Gasteiger partial charge in [0.1, 0.15) is 5.69 Å². The number of azo groups is 1. The second-order valence-electron chi connectivity index (χ2n) is 4.34. The molecule has 0 amide bonds. The van der Waals surface area contributed by atoms with Crippen LogP contribution < -0.4 is 0 Å². The number of nitro groups is 1. The molecule has 6 nitrogen and oxygen atoms in total. The lowest BCUT2D eigenvalue weighted by atomic mass is 10.2. The maximum atomic E-state index is 10.8. The highest BCUT2D eigenvalue weighted by Gasteiger charge is 2.10. The van der Waals surface area contributed by atoms with Crippen molar-refractivity contribution in [2.75, 3.05) is 0 Å². The number of nitrogens with zero attached hydrogens (tertiary/aromatic N) is 3. The van der Waals surface area contributed by atoms with E-state index < -0.39 is 4.92 Å². The standard InChI is InChI=1S/C14H9BrN4O2/c15-9-1-3-10(4-2-9)17-18-14-8-16-13-6-5-11(19(20)21)7-12(13)14/h1-8,16H/b18-17+. The lowest BCUT2D eigenvalue weighted by Gasteiger charge is -1.94. The molecule has 1 N–H and O–H groups in total. The fourth-order valence-electron chi connectivity index (χ4n) is 1.91. The molecule has 7 heteroatoms. The lowest BCUT2D eigenvalue weighted by molar-refractivity contribution is -0.384. The zero-order valence-corrected chi connectivity index (χ0v) is 12.2. The highest BCUT2D eigenvalue weighted by Crippen LogP contribution is 2.30. The topological polar surface area (TPSA) is 83.6 Å². The van der Waals surface area contributed by atoms with E-state index in [0.29, 0.717) is 16.8 Å². The molecule has 0 aliphatic rings. The van der Waals surface area contributed by atoms with Gasteiger partial charge in [0.05, 0.1) is 10.6 Å². The number of nitrogens with one attached hydrogen (secondary N) is 1. The SMILES string of the molecule is O=[N+]([O-])c1ccc2[nH]cc(/N=N/c3ccc(Br)cc3)c2c1. The molecule has 0 saturated heterocycles. The third-order valence-electron chi connectivity index (χ3n) is 2.95. The van der Waals surface area contributed by atoms with Gasteiger partial charge in [0.2, 0.25) is 0 Å². The van der Waals surface area contributed by atoms with Crippen LogP contribution in [0.15, 0.2) is 63.4 Å². The molecule has 0 aliphatic heterocycles. The summed E-state index contributed by atoms with van der Waals surface area (Å²) in [5.41, 5.74) is 2.09. The Morgan fingerprint density at radius 3 is 2.57 bits per heavy atom. The predicted molar refractivity (Wildman–Crippen MR) is 83.3 cm³/mol. The number of benzene rings is 2. The van der Waals surface area contributed by atoms with Crippen LogP contribution in [0.4, 0.5) is 17.1 Å². The van der Waals surface area contributed by atoms with E-state index in [2.05, 4.69) is 31.1 Å². The van der Waals surface area contributed by atoms with Crippen LogP contribution in [0.2, 0.25) is 0 Å². The normalized spacial score (nSPS) is 11.3. The van der Waals surface area contributed by atoms with Crippen LogP contribution in [0.5, 0.6) is 0 Å². The van der Waals surface area contributed by atoms with Crippen LogP contribution in [-0.4, -0.2) is 9.91 Å². The molecule has 104 valence electrons. The molecule has 3 aromatic rings. The van der Waals surface area contributed by atoms with Crippen molar-refractivity contribution in [3.63, 3.8) is 0 Å². The average molecular weight is 345 g/mol. The van der Waals surface area contributed by atoms with Gasteiger partial charge in [-0.25, -0.2) is 0 Å². The van der Waals surface area contributed by atoms with E-state index in [1.54, 1.807) is 12.3 Å². The number of hydrogen-bond donors (Lipinski definition) is 1. The highest BCUT2D eigenvalue weighted by atomic mass is 79.9. The Kier molecular flexibility index (Phi) is 3.49. The van der Waals surface area contributed by atoms with Crippen LogP contribution in [0.25, 0.3) is 10.9 Å². The van der Waals surface area contributed by atoms with E-state index in [4.69, 9.17) is 0 Å². The van der Waals surface area contributed by atoms with Crippen molar-refractivity contribution in [2.24, 2.45) is 10.2 Å². The lowest BCUT2D eigenvalue weighted by Crippen LogP contribution is -1.86. The first-order valence-corrected chi connectivity index (χ1v) is 6.85. The fraction of sp³-hybridized carbons (Fsp3) is 0. The second kappa shape index (κ2) is 5.45. The zero-order chi connectivity index (χ0) is 14.8. The van der Waals surface area contributed by atoms with Gasteiger partial charge in [-0.05, 0) is 30.3 Å². The Balaban J connectivity index is 1.98. The van der Waals surface area contributed by atoms with Crippen molar-refractivity contribution in [2.45, 2.75) is 0 Å². The van der Waals surface area contributed by atoms with Crippen LogP contribution in [-0.2, 0) is 0 Å². The minimum Gasteiger partial charge on any atom is -0.359 e. The van der Waals surface area contributed by atoms with Gasteiger partial charge in [0, 0.05) is 33.7 Å². The molecule has 0 atom stereocenters. The Bertz CT molecular complexity index is 840. The molecule has 3 rings (SSSR count). The Morgan fingerprint density at radius 1 is 1.10 bits per heavy atom. The van der Waals surface area contributed by atoms with E-state index >= 15 is 0 Å². The minimum atomic E-state index is -0.428. The predicted octanol–water partition coefficient (Wildman–Crippen LogP) is 5.25. The summed E-state index contributed by atoms with van der Waals surface area (Å²) in [5.74, 6) is 0. The number of rotatable bonds is 3. The third kappa shape index (κ3) is 2.82. The second-order valence-corrected chi connectivity index (χ2v) is 5.25. The summed E-state index contributed by atoms with van der Waals surface area (Å²) in [6.45, 7) is 0. The Morgan fingerprint density at radius 2 is 1.86 bits per heavy atom. The van der Waals surface area contributed by atoms with Gasteiger partial charge in [0.25, 0.3) is 5.69 Å². The maximum absolute atomic E-state index is 10.8. The molecule has 2 aromatic carbocycles. The van der Waals surface area contributed by atoms with E-state index in [0.717, 1.165) is 9.99 Å². The molecule has 0 bridgehead atoms.